The van der Waals surface area contributed by atoms with Crippen molar-refractivity contribution in [2.75, 3.05) is 0 Å². The van der Waals surface area contributed by atoms with Gasteiger partial charge >= 0.3 is 11.4 Å². The molecule has 1 rings (SSSR count). The number of halogens is 5. The predicted molar refractivity (Wildman–Crippen MR) is 18.7 cm³/mol. The van der Waals surface area contributed by atoms with Crippen LogP contribution < -0.4 is 0 Å². The standard InChI is InChI=1S/C2ClF4NO/c3-1(4)2(5,6)8(7)9-1/t1-/m1/s1. The molecule has 0 N–H and O–H groups in total. The van der Waals surface area contributed by atoms with Crippen molar-refractivity contribution in [1.82, 2.24) is 5.29 Å². The van der Waals surface area contributed by atoms with E-state index in [1.807, 2.05) is 0 Å². The van der Waals surface area contributed by atoms with E-state index in [9.17, 15) is 17.7 Å². The molecule has 1 heterocycles. The SMILES string of the molecule is FN1O[C@@](F)(Cl)C1(F)F. The molecule has 7 heteroatoms. The molecular weight excluding hydrogens is 165 g/mol. The molecule has 1 aliphatic rings. The lowest BCUT2D eigenvalue weighted by molar-refractivity contribution is -0.582. The fourth-order valence-corrected chi connectivity index (χ4v) is 0.403. The second kappa shape index (κ2) is 1.50. The maximum Gasteiger partial charge on any atom is 0.426 e. The lowest BCUT2D eigenvalue weighted by Gasteiger charge is -2.39. The van der Waals surface area contributed by atoms with Gasteiger partial charge in [-0.25, -0.2) is 4.84 Å². The normalized spacial score (nSPS) is 42.3. The first kappa shape index (κ1) is 7.04. The Morgan fingerprint density at radius 3 is 1.78 bits per heavy atom. The van der Waals surface area contributed by atoms with Crippen molar-refractivity contribution in [3.8, 4) is 0 Å². The van der Waals surface area contributed by atoms with E-state index in [0.29, 0.717) is 0 Å². The number of alkyl halides is 4. The minimum Gasteiger partial charge on any atom is -0.201 e. The largest absolute Gasteiger partial charge is 0.426 e. The predicted octanol–water partition coefficient (Wildman–Crippen LogP) is 1.57. The van der Waals surface area contributed by atoms with E-state index in [1.54, 1.807) is 0 Å². The van der Waals surface area contributed by atoms with Crippen LogP contribution in [-0.2, 0) is 4.84 Å². The molecule has 2 nitrogen and oxygen atoms in total. The van der Waals surface area contributed by atoms with E-state index in [0.717, 1.165) is 0 Å². The third-order valence-electron chi connectivity index (χ3n) is 0.766. The molecule has 1 saturated heterocycles. The zero-order valence-corrected chi connectivity index (χ0v) is 4.50. The summed E-state index contributed by atoms with van der Waals surface area (Å²) in [7, 11) is 0. The molecule has 0 aromatic carbocycles. The summed E-state index contributed by atoms with van der Waals surface area (Å²) in [6, 6.07) is -4.38. The van der Waals surface area contributed by atoms with Crippen LogP contribution >= 0.6 is 11.6 Å². The second-order valence-electron chi connectivity index (χ2n) is 1.39. The molecule has 0 aliphatic carbocycles. The van der Waals surface area contributed by atoms with E-state index >= 15 is 0 Å². The topological polar surface area (TPSA) is 12.5 Å². The highest BCUT2D eigenvalue weighted by Gasteiger charge is 2.73. The molecule has 1 aliphatic heterocycles. The van der Waals surface area contributed by atoms with Gasteiger partial charge in [0, 0.05) is 0 Å². The first-order valence-corrected chi connectivity index (χ1v) is 2.16. The quantitative estimate of drug-likeness (QED) is 0.234. The summed E-state index contributed by atoms with van der Waals surface area (Å²) in [5.41, 5.74) is 0. The van der Waals surface area contributed by atoms with E-state index in [4.69, 9.17) is 0 Å². The smallest absolute Gasteiger partial charge is 0.201 e. The van der Waals surface area contributed by atoms with Crippen LogP contribution in [0.15, 0.2) is 0 Å². The van der Waals surface area contributed by atoms with Crippen molar-refractivity contribution in [2.24, 2.45) is 0 Å². The maximum atomic E-state index is 11.7. The van der Waals surface area contributed by atoms with Crippen LogP contribution in [0.5, 0.6) is 0 Å². The highest BCUT2D eigenvalue weighted by molar-refractivity contribution is 6.22. The highest BCUT2D eigenvalue weighted by atomic mass is 35.5. The molecule has 0 aromatic rings. The van der Waals surface area contributed by atoms with Gasteiger partial charge in [0.25, 0.3) is 0 Å². The lowest BCUT2D eigenvalue weighted by Crippen LogP contribution is -2.64. The van der Waals surface area contributed by atoms with Gasteiger partial charge in [-0.1, -0.05) is 4.48 Å². The lowest BCUT2D eigenvalue weighted by atomic mass is 10.5. The molecule has 1 fully saturated rings. The van der Waals surface area contributed by atoms with Crippen LogP contribution in [0.1, 0.15) is 0 Å². The third-order valence-corrected chi connectivity index (χ3v) is 1.06. The van der Waals surface area contributed by atoms with Crippen LogP contribution in [-0.4, -0.2) is 16.6 Å². The average molecular weight is 165 g/mol. The molecular formula is C2ClF4NO. The van der Waals surface area contributed by atoms with Gasteiger partial charge in [0.1, 0.15) is 0 Å². The maximum absolute atomic E-state index is 11.7. The zero-order valence-electron chi connectivity index (χ0n) is 3.75. The summed E-state index contributed by atoms with van der Waals surface area (Å²) in [6.07, 6.45) is 0. The summed E-state index contributed by atoms with van der Waals surface area (Å²) in [4.78, 5) is 3.06. The first-order valence-electron chi connectivity index (χ1n) is 1.79. The number of rotatable bonds is 0. The van der Waals surface area contributed by atoms with Crippen molar-refractivity contribution in [3.05, 3.63) is 0 Å². The van der Waals surface area contributed by atoms with E-state index < -0.39 is 16.6 Å². The Morgan fingerprint density at radius 2 is 1.78 bits per heavy atom. The van der Waals surface area contributed by atoms with Crippen LogP contribution in [0.4, 0.5) is 17.7 Å². The van der Waals surface area contributed by atoms with Gasteiger partial charge in [0.2, 0.25) is 0 Å². The first-order chi connectivity index (χ1) is 3.88. The Hall–Kier alpha value is -0.0700. The molecule has 0 unspecified atom stereocenters. The van der Waals surface area contributed by atoms with Gasteiger partial charge in [0.15, 0.2) is 0 Å². The Bertz CT molecular complexity index is 139. The van der Waals surface area contributed by atoms with E-state index in [-0.39, 0.29) is 0 Å². The molecule has 0 bridgehead atoms. The van der Waals surface area contributed by atoms with Crippen LogP contribution in [0.3, 0.4) is 0 Å². The Kier molecular flexibility index (Phi) is 1.17. The third kappa shape index (κ3) is 0.702. The van der Waals surface area contributed by atoms with Crippen LogP contribution in [0.25, 0.3) is 0 Å². The number of hydroxylamine groups is 1. The number of hydrogen-bond acceptors (Lipinski definition) is 2. The Morgan fingerprint density at radius 1 is 1.33 bits per heavy atom. The van der Waals surface area contributed by atoms with Gasteiger partial charge in [-0.3, -0.25) is 0 Å². The number of nitrogens with zero attached hydrogens (tertiary/aromatic N) is 1. The van der Waals surface area contributed by atoms with Crippen molar-refractivity contribution < 1.29 is 22.5 Å². The van der Waals surface area contributed by atoms with Crippen molar-refractivity contribution in [2.45, 2.75) is 11.4 Å². The summed E-state index contributed by atoms with van der Waals surface area (Å²) in [5, 5.41) is -5.16. The molecule has 1 atom stereocenters. The van der Waals surface area contributed by atoms with Gasteiger partial charge < -0.3 is 0 Å². The molecule has 0 radical (unpaired) electrons. The van der Waals surface area contributed by atoms with Crippen molar-refractivity contribution >= 4 is 11.6 Å². The van der Waals surface area contributed by atoms with Gasteiger partial charge in [-0.2, -0.15) is 13.2 Å². The highest BCUT2D eigenvalue weighted by Crippen LogP contribution is 2.50. The Labute approximate surface area is 51.8 Å². The fraction of sp³-hybridized carbons (Fsp3) is 1.00. The van der Waals surface area contributed by atoms with Gasteiger partial charge in [0.05, 0.1) is 5.29 Å². The van der Waals surface area contributed by atoms with E-state index in [2.05, 4.69) is 16.4 Å². The number of hydrogen-bond donors (Lipinski definition) is 0. The fourth-order valence-electron chi connectivity index (χ4n) is 0.276. The van der Waals surface area contributed by atoms with Gasteiger partial charge in [-0.15, -0.1) is 0 Å². The van der Waals surface area contributed by atoms with Crippen molar-refractivity contribution in [3.63, 3.8) is 0 Å². The van der Waals surface area contributed by atoms with E-state index in [1.165, 1.54) is 0 Å². The minimum atomic E-state index is -4.38. The molecule has 9 heavy (non-hydrogen) atoms. The molecule has 54 valence electrons. The van der Waals surface area contributed by atoms with Gasteiger partial charge in [-0.05, 0) is 11.6 Å². The van der Waals surface area contributed by atoms with Crippen LogP contribution in [0, 0.1) is 0 Å². The molecule has 0 aromatic heterocycles. The van der Waals surface area contributed by atoms with Crippen molar-refractivity contribution in [1.29, 1.82) is 0 Å². The zero-order chi connectivity index (χ0) is 7.28. The second-order valence-corrected chi connectivity index (χ2v) is 1.88. The summed E-state index contributed by atoms with van der Waals surface area (Å²) >= 11 is 4.27. The molecule has 0 spiro atoms. The molecule has 0 amide bonds. The molecule has 0 saturated carbocycles. The minimum absolute atomic E-state index is 1.44. The average Bonchev–Trinajstić information content (AvgIpc) is 1.65. The monoisotopic (exact) mass is 165 g/mol. The summed E-state index contributed by atoms with van der Waals surface area (Å²) in [5.74, 6) is 0. The summed E-state index contributed by atoms with van der Waals surface area (Å²) < 4.78 is 46.3. The van der Waals surface area contributed by atoms with Crippen LogP contribution in [0.2, 0.25) is 0 Å². The Balaban J connectivity index is 2.70. The summed E-state index contributed by atoms with van der Waals surface area (Å²) in [6.45, 7) is 0.